The highest BCUT2D eigenvalue weighted by atomic mass is 32.1. The number of nitrogens with zero attached hydrogens (tertiary/aromatic N) is 4. The van der Waals surface area contributed by atoms with Crippen LogP contribution in [0, 0.1) is 20.8 Å². The third-order valence-corrected chi connectivity index (χ3v) is 6.45. The number of hydrogen-bond acceptors (Lipinski definition) is 5. The summed E-state index contributed by atoms with van der Waals surface area (Å²) in [5.41, 5.74) is 5.10. The summed E-state index contributed by atoms with van der Waals surface area (Å²) < 4.78 is 3.38. The van der Waals surface area contributed by atoms with Crippen LogP contribution < -0.4 is 10.9 Å². The van der Waals surface area contributed by atoms with Gasteiger partial charge in [0, 0.05) is 22.8 Å². The first kappa shape index (κ1) is 22.0. The first-order chi connectivity index (χ1) is 15.3. The molecule has 3 heterocycles. The van der Waals surface area contributed by atoms with Crippen LogP contribution in [0.3, 0.4) is 0 Å². The predicted octanol–water partition coefficient (Wildman–Crippen LogP) is 3.99. The second kappa shape index (κ2) is 8.70. The minimum atomic E-state index is -0.200. The standard InChI is InChI=1S/C24H27N5O2S/c1-6-15(3)25-21(30)12-19-13-32-24-26-17(5)22(23(31)28(19)24)20-11-16(4)29(27-20)18-9-7-8-14(2)10-18/h7-11,13,15H,6,12H2,1-5H3,(H,25,30)/t15-/m1/s1. The summed E-state index contributed by atoms with van der Waals surface area (Å²) in [5, 5.41) is 9.52. The molecule has 0 unspecified atom stereocenters. The largest absolute Gasteiger partial charge is 0.353 e. The molecule has 0 saturated carbocycles. The first-order valence-electron chi connectivity index (χ1n) is 10.7. The summed E-state index contributed by atoms with van der Waals surface area (Å²) in [6.07, 6.45) is 0.981. The summed E-state index contributed by atoms with van der Waals surface area (Å²) >= 11 is 1.37. The fourth-order valence-electron chi connectivity index (χ4n) is 3.73. The summed E-state index contributed by atoms with van der Waals surface area (Å²) in [4.78, 5) is 31.2. The highest BCUT2D eigenvalue weighted by Crippen LogP contribution is 2.23. The summed E-state index contributed by atoms with van der Waals surface area (Å²) in [7, 11) is 0. The number of rotatable bonds is 6. The van der Waals surface area contributed by atoms with Crippen LogP contribution in [0.4, 0.5) is 0 Å². The lowest BCUT2D eigenvalue weighted by Gasteiger charge is -2.11. The molecule has 1 aromatic carbocycles. The number of fused-ring (bicyclic) bond motifs is 1. The number of hydrogen-bond donors (Lipinski definition) is 1. The number of carbonyl (C=O) groups is 1. The van der Waals surface area contributed by atoms with E-state index >= 15 is 0 Å². The van der Waals surface area contributed by atoms with Gasteiger partial charge in [0.15, 0.2) is 4.96 Å². The fraction of sp³-hybridized carbons (Fsp3) is 0.333. The van der Waals surface area contributed by atoms with Crippen molar-refractivity contribution in [1.82, 2.24) is 24.5 Å². The number of nitrogens with one attached hydrogen (secondary N) is 1. The van der Waals surface area contributed by atoms with Gasteiger partial charge in [-0.15, -0.1) is 11.3 Å². The van der Waals surface area contributed by atoms with Crippen LogP contribution in [0.2, 0.25) is 0 Å². The third kappa shape index (κ3) is 4.10. The van der Waals surface area contributed by atoms with Crippen molar-refractivity contribution >= 4 is 22.2 Å². The molecule has 1 atom stereocenters. The van der Waals surface area contributed by atoms with E-state index in [1.807, 2.05) is 68.9 Å². The lowest BCUT2D eigenvalue weighted by Crippen LogP contribution is -2.34. The molecule has 0 spiro atoms. The molecule has 1 N–H and O–H groups in total. The van der Waals surface area contributed by atoms with Gasteiger partial charge < -0.3 is 5.32 Å². The van der Waals surface area contributed by atoms with Gasteiger partial charge in [-0.1, -0.05) is 19.1 Å². The van der Waals surface area contributed by atoms with E-state index in [1.54, 1.807) is 4.40 Å². The van der Waals surface area contributed by atoms with Gasteiger partial charge in [0.2, 0.25) is 5.91 Å². The van der Waals surface area contributed by atoms with Crippen molar-refractivity contribution in [2.45, 2.75) is 53.5 Å². The Morgan fingerprint density at radius 1 is 1.22 bits per heavy atom. The van der Waals surface area contributed by atoms with Crippen LogP contribution in [-0.4, -0.2) is 31.1 Å². The van der Waals surface area contributed by atoms with Crippen LogP contribution in [0.1, 0.15) is 42.9 Å². The zero-order valence-electron chi connectivity index (χ0n) is 19.0. The maximum Gasteiger partial charge on any atom is 0.268 e. The Bertz CT molecular complexity index is 1360. The molecule has 0 aliphatic carbocycles. The molecule has 0 radical (unpaired) electrons. The molecule has 0 fully saturated rings. The Kier molecular flexibility index (Phi) is 5.97. The molecule has 0 saturated heterocycles. The number of carbonyl (C=O) groups excluding carboxylic acids is 1. The molecule has 32 heavy (non-hydrogen) atoms. The maximum atomic E-state index is 13.6. The molecule has 4 rings (SSSR count). The van der Waals surface area contributed by atoms with E-state index in [0.29, 0.717) is 27.6 Å². The lowest BCUT2D eigenvalue weighted by molar-refractivity contribution is -0.121. The predicted molar refractivity (Wildman–Crippen MR) is 128 cm³/mol. The van der Waals surface area contributed by atoms with E-state index in [1.165, 1.54) is 11.3 Å². The van der Waals surface area contributed by atoms with Gasteiger partial charge in [-0.2, -0.15) is 5.10 Å². The topological polar surface area (TPSA) is 81.3 Å². The average molecular weight is 450 g/mol. The SMILES string of the molecule is CC[C@@H](C)NC(=O)Cc1csc2nc(C)c(-c3cc(C)n(-c4cccc(C)c4)n3)c(=O)n12. The van der Waals surface area contributed by atoms with E-state index < -0.39 is 0 Å². The van der Waals surface area contributed by atoms with Gasteiger partial charge in [-0.3, -0.25) is 14.0 Å². The van der Waals surface area contributed by atoms with Crippen molar-refractivity contribution in [1.29, 1.82) is 0 Å². The van der Waals surface area contributed by atoms with Gasteiger partial charge in [0.1, 0.15) is 5.69 Å². The highest BCUT2D eigenvalue weighted by Gasteiger charge is 2.20. The van der Waals surface area contributed by atoms with Gasteiger partial charge in [0.25, 0.3) is 5.56 Å². The minimum absolute atomic E-state index is 0.0913. The molecule has 8 heteroatoms. The smallest absolute Gasteiger partial charge is 0.268 e. The number of thiazole rings is 1. The molecule has 3 aromatic heterocycles. The van der Waals surface area contributed by atoms with Crippen molar-refractivity contribution in [2.24, 2.45) is 0 Å². The second-order valence-electron chi connectivity index (χ2n) is 8.20. The Labute approximate surface area is 190 Å². The quantitative estimate of drug-likeness (QED) is 0.483. The van der Waals surface area contributed by atoms with Crippen molar-refractivity contribution in [3.63, 3.8) is 0 Å². The summed E-state index contributed by atoms with van der Waals surface area (Å²) in [6.45, 7) is 9.81. The van der Waals surface area contributed by atoms with E-state index in [0.717, 1.165) is 23.4 Å². The Morgan fingerprint density at radius 2 is 2.00 bits per heavy atom. The van der Waals surface area contributed by atoms with Gasteiger partial charge >= 0.3 is 0 Å². The van der Waals surface area contributed by atoms with Gasteiger partial charge in [-0.05, 0) is 57.9 Å². The normalized spacial score (nSPS) is 12.3. The summed E-state index contributed by atoms with van der Waals surface area (Å²) in [6, 6.07) is 10.1. The van der Waals surface area contributed by atoms with E-state index in [9.17, 15) is 9.59 Å². The molecule has 166 valence electrons. The lowest BCUT2D eigenvalue weighted by atomic mass is 10.1. The fourth-order valence-corrected chi connectivity index (χ4v) is 4.66. The van der Waals surface area contributed by atoms with E-state index in [-0.39, 0.29) is 23.9 Å². The van der Waals surface area contributed by atoms with Gasteiger partial charge in [-0.25, -0.2) is 9.67 Å². The number of aryl methyl sites for hydroxylation is 3. The second-order valence-corrected chi connectivity index (χ2v) is 9.03. The monoisotopic (exact) mass is 449 g/mol. The molecule has 7 nitrogen and oxygen atoms in total. The van der Waals surface area contributed by atoms with Crippen molar-refractivity contribution < 1.29 is 4.79 Å². The van der Waals surface area contributed by atoms with E-state index in [2.05, 4.69) is 16.4 Å². The van der Waals surface area contributed by atoms with Crippen molar-refractivity contribution in [3.8, 4) is 16.9 Å². The molecule has 0 bridgehead atoms. The maximum absolute atomic E-state index is 13.6. The van der Waals surface area contributed by atoms with E-state index in [4.69, 9.17) is 5.10 Å². The minimum Gasteiger partial charge on any atom is -0.353 e. The first-order valence-corrected chi connectivity index (χ1v) is 11.6. The Balaban J connectivity index is 1.78. The molecule has 0 aliphatic rings. The molecule has 0 aliphatic heterocycles. The van der Waals surface area contributed by atoms with Crippen LogP contribution >= 0.6 is 11.3 Å². The Hall–Kier alpha value is -3.26. The van der Waals surface area contributed by atoms with Crippen molar-refractivity contribution in [3.05, 3.63) is 68.7 Å². The van der Waals surface area contributed by atoms with Crippen LogP contribution in [0.5, 0.6) is 0 Å². The third-order valence-electron chi connectivity index (χ3n) is 5.57. The average Bonchev–Trinajstić information content (AvgIpc) is 3.31. The highest BCUT2D eigenvalue weighted by molar-refractivity contribution is 7.15. The zero-order chi connectivity index (χ0) is 23.0. The summed E-state index contributed by atoms with van der Waals surface area (Å²) in [5.74, 6) is -0.104. The zero-order valence-corrected chi connectivity index (χ0v) is 19.8. The molecule has 1 amide bonds. The van der Waals surface area contributed by atoms with Crippen LogP contribution in [0.15, 0.2) is 40.5 Å². The van der Waals surface area contributed by atoms with Gasteiger partial charge in [0.05, 0.1) is 23.4 Å². The molecular formula is C24H27N5O2S. The van der Waals surface area contributed by atoms with Crippen LogP contribution in [-0.2, 0) is 11.2 Å². The number of amides is 1. The number of aromatic nitrogens is 4. The Morgan fingerprint density at radius 3 is 2.72 bits per heavy atom. The van der Waals surface area contributed by atoms with Crippen molar-refractivity contribution in [2.75, 3.05) is 0 Å². The molecule has 4 aromatic rings. The number of benzene rings is 1. The molecular weight excluding hydrogens is 422 g/mol. The van der Waals surface area contributed by atoms with Crippen LogP contribution in [0.25, 0.3) is 21.9 Å².